The Bertz CT molecular complexity index is 859. The van der Waals surface area contributed by atoms with Gasteiger partial charge in [0.1, 0.15) is 12.4 Å². The van der Waals surface area contributed by atoms with E-state index in [0.717, 1.165) is 61.9 Å². The number of carbonyl (C=O) groups excluding carboxylic acids is 2. The van der Waals surface area contributed by atoms with Crippen molar-refractivity contribution in [2.45, 2.75) is 84.8 Å². The van der Waals surface area contributed by atoms with E-state index in [-0.39, 0.29) is 29.8 Å². The van der Waals surface area contributed by atoms with Crippen LogP contribution in [0.3, 0.4) is 0 Å². The molecule has 0 radical (unpaired) electrons. The average molecular weight is 413 g/mol. The van der Waals surface area contributed by atoms with Crippen LogP contribution in [0.4, 0.5) is 0 Å². The van der Waals surface area contributed by atoms with Crippen LogP contribution < -0.4 is 5.32 Å². The SMILES string of the molecule is CC(C)N(C(=O)Cn1c(CCCCCNC(=O)C2CC2)nc2ccccc21)C(C)C. The van der Waals surface area contributed by atoms with E-state index in [1.54, 1.807) is 0 Å². The van der Waals surface area contributed by atoms with E-state index in [9.17, 15) is 9.59 Å². The maximum atomic E-state index is 13.1. The summed E-state index contributed by atoms with van der Waals surface area (Å²) >= 11 is 0. The standard InChI is InChI=1S/C24H36N4O2/c1-17(2)28(18(3)4)23(29)16-27-21-11-8-7-10-20(21)26-22(27)12-6-5-9-15-25-24(30)19-13-14-19/h7-8,10-11,17-19H,5-6,9,12-16H2,1-4H3,(H,25,30). The highest BCUT2D eigenvalue weighted by atomic mass is 16.2. The van der Waals surface area contributed by atoms with Gasteiger partial charge in [0, 0.05) is 31.0 Å². The van der Waals surface area contributed by atoms with Gasteiger partial charge in [0.25, 0.3) is 0 Å². The van der Waals surface area contributed by atoms with Gasteiger partial charge in [0.15, 0.2) is 0 Å². The Morgan fingerprint density at radius 1 is 1.10 bits per heavy atom. The number of carbonyl (C=O) groups is 2. The minimum absolute atomic E-state index is 0.132. The number of aromatic nitrogens is 2. The largest absolute Gasteiger partial charge is 0.356 e. The molecule has 0 saturated heterocycles. The summed E-state index contributed by atoms with van der Waals surface area (Å²) in [6.07, 6.45) is 5.94. The molecule has 3 rings (SSSR count). The van der Waals surface area contributed by atoms with Crippen molar-refractivity contribution in [3.05, 3.63) is 30.1 Å². The molecule has 0 atom stereocenters. The van der Waals surface area contributed by atoms with Crippen molar-refractivity contribution in [1.82, 2.24) is 19.8 Å². The molecule has 6 heteroatoms. The normalized spacial score (nSPS) is 13.9. The molecule has 1 N–H and O–H groups in total. The van der Waals surface area contributed by atoms with Crippen LogP contribution in [0.25, 0.3) is 11.0 Å². The molecule has 1 aliphatic rings. The second-order valence-electron chi connectivity index (χ2n) is 8.97. The summed E-state index contributed by atoms with van der Waals surface area (Å²) in [6, 6.07) is 8.38. The number of fused-ring (bicyclic) bond motifs is 1. The maximum Gasteiger partial charge on any atom is 0.243 e. The van der Waals surface area contributed by atoms with E-state index in [2.05, 4.69) is 37.6 Å². The monoisotopic (exact) mass is 412 g/mol. The third kappa shape index (κ3) is 5.61. The van der Waals surface area contributed by atoms with Crippen LogP contribution in [-0.2, 0) is 22.6 Å². The number of rotatable bonds is 11. The fourth-order valence-corrected chi connectivity index (χ4v) is 4.17. The number of imidazole rings is 1. The lowest BCUT2D eigenvalue weighted by molar-refractivity contribution is -0.135. The van der Waals surface area contributed by atoms with Gasteiger partial charge in [0.05, 0.1) is 11.0 Å². The van der Waals surface area contributed by atoms with Gasteiger partial charge >= 0.3 is 0 Å². The molecule has 0 aliphatic heterocycles. The maximum absolute atomic E-state index is 13.1. The predicted octanol–water partition coefficient (Wildman–Crippen LogP) is 3.92. The molecule has 0 unspecified atom stereocenters. The Kier molecular flexibility index (Phi) is 7.51. The van der Waals surface area contributed by atoms with Crippen molar-refractivity contribution in [2.24, 2.45) is 5.92 Å². The van der Waals surface area contributed by atoms with Crippen LogP contribution in [-0.4, -0.2) is 44.9 Å². The number of hydrogen-bond acceptors (Lipinski definition) is 3. The van der Waals surface area contributed by atoms with Gasteiger partial charge in [-0.15, -0.1) is 0 Å². The van der Waals surface area contributed by atoms with E-state index in [4.69, 9.17) is 4.98 Å². The molecule has 2 aromatic rings. The molecule has 30 heavy (non-hydrogen) atoms. The minimum atomic E-state index is 0.132. The summed E-state index contributed by atoms with van der Waals surface area (Å²) in [4.78, 5) is 31.5. The van der Waals surface area contributed by atoms with Gasteiger partial charge in [-0.05, 0) is 65.5 Å². The lowest BCUT2D eigenvalue weighted by Crippen LogP contribution is -2.43. The second kappa shape index (κ2) is 10.1. The molecule has 6 nitrogen and oxygen atoms in total. The molecule has 1 heterocycles. The van der Waals surface area contributed by atoms with Crippen molar-refractivity contribution in [1.29, 1.82) is 0 Å². The average Bonchev–Trinajstić information content (AvgIpc) is 3.48. The van der Waals surface area contributed by atoms with Crippen LogP contribution in [0.5, 0.6) is 0 Å². The van der Waals surface area contributed by atoms with Crippen molar-refractivity contribution in [2.75, 3.05) is 6.54 Å². The third-order valence-corrected chi connectivity index (χ3v) is 5.75. The summed E-state index contributed by atoms with van der Waals surface area (Å²) < 4.78 is 2.09. The van der Waals surface area contributed by atoms with Crippen LogP contribution in [0, 0.1) is 5.92 Å². The molecule has 164 valence electrons. The molecular formula is C24H36N4O2. The number of nitrogens with one attached hydrogen (secondary N) is 1. The van der Waals surface area contributed by atoms with E-state index in [1.165, 1.54) is 0 Å². The van der Waals surface area contributed by atoms with E-state index >= 15 is 0 Å². The first-order valence-corrected chi connectivity index (χ1v) is 11.4. The van der Waals surface area contributed by atoms with Crippen molar-refractivity contribution >= 4 is 22.8 Å². The number of aryl methyl sites for hydroxylation is 1. The van der Waals surface area contributed by atoms with E-state index in [0.29, 0.717) is 6.54 Å². The van der Waals surface area contributed by atoms with Gasteiger partial charge in [-0.1, -0.05) is 18.6 Å². The van der Waals surface area contributed by atoms with E-state index in [1.807, 2.05) is 29.2 Å². The number of para-hydroxylation sites is 2. The minimum Gasteiger partial charge on any atom is -0.356 e. The summed E-state index contributed by atoms with van der Waals surface area (Å²) in [5.74, 6) is 1.60. The summed E-state index contributed by atoms with van der Waals surface area (Å²) in [5.41, 5.74) is 1.96. The van der Waals surface area contributed by atoms with Crippen LogP contribution in [0.2, 0.25) is 0 Å². The Labute approximate surface area is 180 Å². The Morgan fingerprint density at radius 3 is 2.47 bits per heavy atom. The van der Waals surface area contributed by atoms with Crippen LogP contribution in [0.1, 0.15) is 65.6 Å². The molecule has 0 spiro atoms. The second-order valence-corrected chi connectivity index (χ2v) is 8.97. The summed E-state index contributed by atoms with van der Waals surface area (Å²) in [6.45, 7) is 9.32. The Morgan fingerprint density at radius 2 is 1.80 bits per heavy atom. The Balaban J connectivity index is 1.61. The molecule has 1 saturated carbocycles. The smallest absolute Gasteiger partial charge is 0.243 e. The number of amides is 2. The van der Waals surface area contributed by atoms with Gasteiger partial charge < -0.3 is 14.8 Å². The van der Waals surface area contributed by atoms with E-state index < -0.39 is 0 Å². The number of unbranched alkanes of at least 4 members (excludes halogenated alkanes) is 2. The first-order valence-electron chi connectivity index (χ1n) is 11.4. The molecule has 1 aromatic heterocycles. The zero-order valence-corrected chi connectivity index (χ0v) is 18.9. The molecular weight excluding hydrogens is 376 g/mol. The van der Waals surface area contributed by atoms with Gasteiger partial charge in [-0.3, -0.25) is 9.59 Å². The molecule has 2 amide bonds. The first kappa shape index (κ1) is 22.3. The van der Waals surface area contributed by atoms with Crippen molar-refractivity contribution < 1.29 is 9.59 Å². The number of hydrogen-bond donors (Lipinski definition) is 1. The molecule has 0 bridgehead atoms. The third-order valence-electron chi connectivity index (χ3n) is 5.75. The highest BCUT2D eigenvalue weighted by molar-refractivity contribution is 5.81. The predicted molar refractivity (Wildman–Crippen MR) is 120 cm³/mol. The number of nitrogens with zero attached hydrogens (tertiary/aromatic N) is 3. The number of benzene rings is 1. The van der Waals surface area contributed by atoms with Gasteiger partial charge in [-0.25, -0.2) is 4.98 Å². The fraction of sp³-hybridized carbons (Fsp3) is 0.625. The highest BCUT2D eigenvalue weighted by Gasteiger charge is 2.29. The van der Waals surface area contributed by atoms with Crippen molar-refractivity contribution in [3.63, 3.8) is 0 Å². The molecule has 1 aliphatic carbocycles. The fourth-order valence-electron chi connectivity index (χ4n) is 4.17. The quantitative estimate of drug-likeness (QED) is 0.569. The van der Waals surface area contributed by atoms with Gasteiger partial charge in [0.2, 0.25) is 11.8 Å². The lowest BCUT2D eigenvalue weighted by atomic mass is 10.2. The zero-order chi connectivity index (χ0) is 21.7. The highest BCUT2D eigenvalue weighted by Crippen LogP contribution is 2.28. The van der Waals surface area contributed by atoms with Crippen molar-refractivity contribution in [3.8, 4) is 0 Å². The zero-order valence-electron chi connectivity index (χ0n) is 18.9. The van der Waals surface area contributed by atoms with Crippen LogP contribution >= 0.6 is 0 Å². The summed E-state index contributed by atoms with van der Waals surface area (Å²) in [5, 5.41) is 3.03. The summed E-state index contributed by atoms with van der Waals surface area (Å²) in [7, 11) is 0. The molecule has 1 aromatic carbocycles. The lowest BCUT2D eigenvalue weighted by Gasteiger charge is -2.31. The van der Waals surface area contributed by atoms with Crippen LogP contribution in [0.15, 0.2) is 24.3 Å². The Hall–Kier alpha value is -2.37. The topological polar surface area (TPSA) is 67.2 Å². The molecule has 1 fully saturated rings. The first-order chi connectivity index (χ1) is 14.4. The van der Waals surface area contributed by atoms with Gasteiger partial charge in [-0.2, -0.15) is 0 Å².